The number of carbonyl (C=O) groups is 1. The first-order valence-electron chi connectivity index (χ1n) is 5.79. The van der Waals surface area contributed by atoms with Crippen molar-refractivity contribution in [2.24, 2.45) is 0 Å². The maximum Gasteiger partial charge on any atom is 0.354 e. The highest BCUT2D eigenvalue weighted by molar-refractivity contribution is 5.87. The number of carboxylic acid groups (broad SMARTS) is 1. The molecule has 0 aliphatic rings. The summed E-state index contributed by atoms with van der Waals surface area (Å²) in [4.78, 5) is 19.4. The maximum absolute atomic E-state index is 10.9. The summed E-state index contributed by atoms with van der Waals surface area (Å²) in [5.41, 5.74) is 2.35. The number of hydrogen-bond donors (Lipinski definition) is 1. The van der Waals surface area contributed by atoms with Crippen molar-refractivity contribution in [3.63, 3.8) is 0 Å². The van der Waals surface area contributed by atoms with Crippen molar-refractivity contribution < 1.29 is 9.90 Å². The van der Waals surface area contributed by atoms with Crippen molar-refractivity contribution >= 4 is 16.9 Å². The van der Waals surface area contributed by atoms with E-state index in [2.05, 4.69) is 9.97 Å². The van der Waals surface area contributed by atoms with Crippen LogP contribution >= 0.6 is 0 Å². The van der Waals surface area contributed by atoms with E-state index in [1.807, 2.05) is 30.3 Å². The third-order valence-corrected chi connectivity index (χ3v) is 2.85. The summed E-state index contributed by atoms with van der Waals surface area (Å²) in [6, 6.07) is 14.6. The molecule has 92 valence electrons. The molecule has 0 saturated heterocycles. The van der Waals surface area contributed by atoms with Gasteiger partial charge < -0.3 is 5.11 Å². The molecule has 0 aliphatic heterocycles. The lowest BCUT2D eigenvalue weighted by atomic mass is 10.1. The molecule has 0 fully saturated rings. The number of nitrogens with zero attached hydrogens (tertiary/aromatic N) is 2. The summed E-state index contributed by atoms with van der Waals surface area (Å²) >= 11 is 0. The van der Waals surface area contributed by atoms with Crippen LogP contribution in [0.15, 0.2) is 54.7 Å². The van der Waals surface area contributed by atoms with Gasteiger partial charge in [-0.25, -0.2) is 9.78 Å². The number of carboxylic acids is 1. The minimum atomic E-state index is -1.03. The monoisotopic (exact) mass is 250 g/mol. The summed E-state index contributed by atoms with van der Waals surface area (Å²) in [6.07, 6.45) is 1.70. The smallest absolute Gasteiger partial charge is 0.354 e. The fourth-order valence-electron chi connectivity index (χ4n) is 1.93. The zero-order chi connectivity index (χ0) is 13.2. The van der Waals surface area contributed by atoms with Gasteiger partial charge in [0.1, 0.15) is 5.69 Å². The third-order valence-electron chi connectivity index (χ3n) is 2.85. The molecule has 0 spiro atoms. The Kier molecular flexibility index (Phi) is 2.68. The second-order valence-corrected chi connectivity index (χ2v) is 4.13. The lowest BCUT2D eigenvalue weighted by molar-refractivity contribution is 0.0690. The van der Waals surface area contributed by atoms with Gasteiger partial charge in [-0.2, -0.15) is 0 Å². The van der Waals surface area contributed by atoms with Crippen LogP contribution < -0.4 is 0 Å². The summed E-state index contributed by atoms with van der Waals surface area (Å²) in [5, 5.41) is 9.95. The molecule has 0 bridgehead atoms. The first kappa shape index (κ1) is 11.3. The van der Waals surface area contributed by atoms with Gasteiger partial charge in [0.25, 0.3) is 0 Å². The standard InChI is InChI=1S/C15H10N2O2/c18-15(19)14-7-3-6-13(17-14)11-8-10-4-1-2-5-12(10)16-9-11/h1-9H,(H,18,19). The maximum atomic E-state index is 10.9. The van der Waals surface area contributed by atoms with E-state index in [0.717, 1.165) is 16.5 Å². The zero-order valence-corrected chi connectivity index (χ0v) is 9.95. The zero-order valence-electron chi connectivity index (χ0n) is 9.95. The molecule has 0 atom stereocenters. The molecule has 19 heavy (non-hydrogen) atoms. The van der Waals surface area contributed by atoms with E-state index < -0.39 is 5.97 Å². The lowest BCUT2D eigenvalue weighted by Gasteiger charge is -2.03. The minimum absolute atomic E-state index is 0.0330. The summed E-state index contributed by atoms with van der Waals surface area (Å²) in [6.45, 7) is 0. The van der Waals surface area contributed by atoms with Gasteiger partial charge in [0.05, 0.1) is 11.2 Å². The van der Waals surface area contributed by atoms with Gasteiger partial charge in [0, 0.05) is 17.1 Å². The highest BCUT2D eigenvalue weighted by Gasteiger charge is 2.07. The van der Waals surface area contributed by atoms with E-state index in [9.17, 15) is 4.79 Å². The van der Waals surface area contributed by atoms with E-state index in [-0.39, 0.29) is 5.69 Å². The number of benzene rings is 1. The van der Waals surface area contributed by atoms with E-state index in [0.29, 0.717) is 5.69 Å². The van der Waals surface area contributed by atoms with Gasteiger partial charge in [0.15, 0.2) is 0 Å². The van der Waals surface area contributed by atoms with Crippen LogP contribution in [0, 0.1) is 0 Å². The van der Waals surface area contributed by atoms with Crippen LogP contribution in [0.25, 0.3) is 22.2 Å². The Bertz CT molecular complexity index is 769. The highest BCUT2D eigenvalue weighted by atomic mass is 16.4. The topological polar surface area (TPSA) is 63.1 Å². The van der Waals surface area contributed by atoms with Gasteiger partial charge in [-0.15, -0.1) is 0 Å². The fourth-order valence-corrected chi connectivity index (χ4v) is 1.93. The second kappa shape index (κ2) is 4.49. The molecule has 4 heteroatoms. The molecule has 2 aromatic heterocycles. The Labute approximate surface area is 109 Å². The quantitative estimate of drug-likeness (QED) is 0.759. The number of fused-ring (bicyclic) bond motifs is 1. The van der Waals surface area contributed by atoms with Gasteiger partial charge in [0.2, 0.25) is 0 Å². The predicted octanol–water partition coefficient (Wildman–Crippen LogP) is 3.00. The molecule has 0 saturated carbocycles. The Balaban J connectivity index is 2.13. The Hall–Kier alpha value is -2.75. The van der Waals surface area contributed by atoms with Crippen LogP contribution in [-0.4, -0.2) is 21.0 Å². The average molecular weight is 250 g/mol. The third kappa shape index (κ3) is 2.15. The van der Waals surface area contributed by atoms with Crippen LogP contribution in [0.2, 0.25) is 0 Å². The normalized spacial score (nSPS) is 10.5. The first-order chi connectivity index (χ1) is 9.24. The molecule has 1 N–H and O–H groups in total. The van der Waals surface area contributed by atoms with Crippen molar-refractivity contribution in [2.45, 2.75) is 0 Å². The number of aromatic carboxylic acids is 1. The van der Waals surface area contributed by atoms with E-state index in [4.69, 9.17) is 5.11 Å². The van der Waals surface area contributed by atoms with E-state index in [1.165, 1.54) is 6.07 Å². The fraction of sp³-hybridized carbons (Fsp3) is 0. The van der Waals surface area contributed by atoms with Gasteiger partial charge in [-0.1, -0.05) is 24.3 Å². The molecule has 0 amide bonds. The molecule has 3 rings (SSSR count). The number of para-hydroxylation sites is 1. The molecule has 2 heterocycles. The Morgan fingerprint density at radius 2 is 1.89 bits per heavy atom. The summed E-state index contributed by atoms with van der Waals surface area (Å²) < 4.78 is 0. The number of hydrogen-bond acceptors (Lipinski definition) is 3. The number of rotatable bonds is 2. The Morgan fingerprint density at radius 1 is 1.05 bits per heavy atom. The van der Waals surface area contributed by atoms with Crippen molar-refractivity contribution in [1.29, 1.82) is 0 Å². The largest absolute Gasteiger partial charge is 0.477 e. The average Bonchev–Trinajstić information content (AvgIpc) is 2.47. The van der Waals surface area contributed by atoms with Gasteiger partial charge in [-0.3, -0.25) is 4.98 Å². The number of aromatic nitrogens is 2. The SMILES string of the molecule is O=C(O)c1cccc(-c2cnc3ccccc3c2)n1. The summed E-state index contributed by atoms with van der Waals surface area (Å²) in [7, 11) is 0. The van der Waals surface area contributed by atoms with Crippen LogP contribution in [-0.2, 0) is 0 Å². The molecular formula is C15H10N2O2. The van der Waals surface area contributed by atoms with E-state index >= 15 is 0 Å². The second-order valence-electron chi connectivity index (χ2n) is 4.13. The van der Waals surface area contributed by atoms with Gasteiger partial charge in [-0.05, 0) is 24.3 Å². The van der Waals surface area contributed by atoms with Crippen LogP contribution in [0.5, 0.6) is 0 Å². The van der Waals surface area contributed by atoms with Crippen molar-refractivity contribution in [3.8, 4) is 11.3 Å². The molecule has 4 nitrogen and oxygen atoms in total. The van der Waals surface area contributed by atoms with Crippen LogP contribution in [0.4, 0.5) is 0 Å². The lowest BCUT2D eigenvalue weighted by Crippen LogP contribution is -2.00. The minimum Gasteiger partial charge on any atom is -0.477 e. The van der Waals surface area contributed by atoms with Crippen molar-refractivity contribution in [2.75, 3.05) is 0 Å². The van der Waals surface area contributed by atoms with Crippen molar-refractivity contribution in [3.05, 3.63) is 60.4 Å². The Morgan fingerprint density at radius 3 is 2.74 bits per heavy atom. The molecule has 0 unspecified atom stereocenters. The van der Waals surface area contributed by atoms with Crippen LogP contribution in [0.3, 0.4) is 0 Å². The molecule has 1 aromatic carbocycles. The van der Waals surface area contributed by atoms with Crippen LogP contribution in [0.1, 0.15) is 10.5 Å². The van der Waals surface area contributed by atoms with Gasteiger partial charge >= 0.3 is 5.97 Å². The molecule has 0 radical (unpaired) electrons. The molecule has 3 aromatic rings. The van der Waals surface area contributed by atoms with Crippen molar-refractivity contribution in [1.82, 2.24) is 9.97 Å². The van der Waals surface area contributed by atoms with E-state index in [1.54, 1.807) is 18.3 Å². The predicted molar refractivity (Wildman–Crippen MR) is 71.9 cm³/mol. The summed E-state index contributed by atoms with van der Waals surface area (Å²) in [5.74, 6) is -1.03. The first-order valence-corrected chi connectivity index (χ1v) is 5.79. The molecular weight excluding hydrogens is 240 g/mol. The number of pyridine rings is 2. The highest BCUT2D eigenvalue weighted by Crippen LogP contribution is 2.21. The molecule has 0 aliphatic carbocycles.